The summed E-state index contributed by atoms with van der Waals surface area (Å²) in [5.74, 6) is 0.887. The highest BCUT2D eigenvalue weighted by Crippen LogP contribution is 2.31. The molecule has 0 atom stereocenters. The van der Waals surface area contributed by atoms with Crippen molar-refractivity contribution in [1.29, 1.82) is 0 Å². The second-order valence-corrected chi connectivity index (χ2v) is 4.65. The molecule has 2 aromatic rings. The van der Waals surface area contributed by atoms with Gasteiger partial charge < -0.3 is 5.32 Å². The number of nitrogens with zero attached hydrogens (tertiary/aromatic N) is 2. The summed E-state index contributed by atoms with van der Waals surface area (Å²) in [5.41, 5.74) is 0.929. The summed E-state index contributed by atoms with van der Waals surface area (Å²) in [7, 11) is 0. The van der Waals surface area contributed by atoms with Crippen molar-refractivity contribution in [2.45, 2.75) is 18.9 Å². The first-order chi connectivity index (χ1) is 6.83. The lowest BCUT2D eigenvalue weighted by Crippen LogP contribution is -2.03. The van der Waals surface area contributed by atoms with Gasteiger partial charge in [0, 0.05) is 6.04 Å². The summed E-state index contributed by atoms with van der Waals surface area (Å²) in [5, 5.41) is 5.69. The topological polar surface area (TPSA) is 37.8 Å². The summed E-state index contributed by atoms with van der Waals surface area (Å²) < 4.78 is 1.10. The number of aromatic nitrogens is 2. The summed E-state index contributed by atoms with van der Waals surface area (Å²) in [6.45, 7) is 0. The van der Waals surface area contributed by atoms with Crippen molar-refractivity contribution < 1.29 is 0 Å². The van der Waals surface area contributed by atoms with E-state index in [9.17, 15) is 0 Å². The number of hydrogen-bond acceptors (Lipinski definition) is 4. The fourth-order valence-electron chi connectivity index (χ4n) is 1.35. The second kappa shape index (κ2) is 3.07. The van der Waals surface area contributed by atoms with Crippen LogP contribution < -0.4 is 5.32 Å². The molecule has 2 aromatic heterocycles. The monoisotopic (exact) mass is 225 g/mol. The van der Waals surface area contributed by atoms with E-state index in [1.807, 2.05) is 11.4 Å². The zero-order valence-electron chi connectivity index (χ0n) is 7.33. The molecular weight excluding hydrogens is 218 g/mol. The third-order valence-corrected chi connectivity index (χ3v) is 3.27. The molecule has 3 nitrogen and oxygen atoms in total. The molecule has 5 heteroatoms. The van der Waals surface area contributed by atoms with Crippen LogP contribution in [-0.4, -0.2) is 16.0 Å². The van der Waals surface area contributed by atoms with Gasteiger partial charge in [-0.1, -0.05) is 0 Å². The van der Waals surface area contributed by atoms with E-state index < -0.39 is 0 Å². The number of hydrogen-bond donors (Lipinski definition) is 1. The van der Waals surface area contributed by atoms with Crippen molar-refractivity contribution in [2.24, 2.45) is 0 Å². The molecule has 1 N–H and O–H groups in total. The Morgan fingerprint density at radius 1 is 1.43 bits per heavy atom. The van der Waals surface area contributed by atoms with E-state index in [0.29, 0.717) is 11.3 Å². The Hall–Kier alpha value is -0.870. The molecule has 0 amide bonds. The van der Waals surface area contributed by atoms with Gasteiger partial charge in [-0.25, -0.2) is 4.98 Å². The van der Waals surface area contributed by atoms with Crippen LogP contribution in [0.1, 0.15) is 12.8 Å². The lowest BCUT2D eigenvalue weighted by atomic mass is 10.4. The van der Waals surface area contributed by atoms with Crippen LogP contribution in [0.4, 0.5) is 5.82 Å². The van der Waals surface area contributed by atoms with Gasteiger partial charge >= 0.3 is 0 Å². The molecular formula is C9H8ClN3S. The molecule has 72 valence electrons. The van der Waals surface area contributed by atoms with Gasteiger partial charge in [-0.3, -0.25) is 0 Å². The number of fused-ring (bicyclic) bond motifs is 1. The molecule has 1 fully saturated rings. The summed E-state index contributed by atoms with van der Waals surface area (Å²) in [6, 6.07) is 2.55. The largest absolute Gasteiger partial charge is 0.366 e. The number of anilines is 1. The molecule has 14 heavy (non-hydrogen) atoms. The number of halogens is 1. The third kappa shape index (κ3) is 1.44. The summed E-state index contributed by atoms with van der Waals surface area (Å²) in [6.07, 6.45) is 2.46. The minimum Gasteiger partial charge on any atom is -0.366 e. The van der Waals surface area contributed by atoms with E-state index in [4.69, 9.17) is 11.6 Å². The second-order valence-electron chi connectivity index (χ2n) is 3.39. The molecule has 0 bridgehead atoms. The molecule has 1 aliphatic carbocycles. The molecule has 0 spiro atoms. The fraction of sp³-hybridized carbons (Fsp3) is 0.333. The van der Waals surface area contributed by atoms with E-state index >= 15 is 0 Å². The predicted molar refractivity (Wildman–Crippen MR) is 59.1 cm³/mol. The van der Waals surface area contributed by atoms with Gasteiger partial charge in [0.05, 0.1) is 10.2 Å². The average molecular weight is 226 g/mol. The van der Waals surface area contributed by atoms with Crippen LogP contribution in [0.15, 0.2) is 11.4 Å². The van der Waals surface area contributed by atoms with Crippen LogP contribution in [0.5, 0.6) is 0 Å². The highest BCUT2D eigenvalue weighted by molar-refractivity contribution is 7.17. The van der Waals surface area contributed by atoms with Crippen LogP contribution in [0.2, 0.25) is 5.28 Å². The van der Waals surface area contributed by atoms with E-state index in [1.165, 1.54) is 12.8 Å². The maximum absolute atomic E-state index is 5.83. The molecule has 0 unspecified atom stereocenters. The Morgan fingerprint density at radius 3 is 3.07 bits per heavy atom. The maximum Gasteiger partial charge on any atom is 0.224 e. The molecule has 2 heterocycles. The van der Waals surface area contributed by atoms with Gasteiger partial charge in [-0.05, 0) is 35.9 Å². The van der Waals surface area contributed by atoms with Crippen molar-refractivity contribution in [3.8, 4) is 0 Å². The summed E-state index contributed by atoms with van der Waals surface area (Å²) in [4.78, 5) is 8.36. The first-order valence-corrected chi connectivity index (χ1v) is 5.76. The lowest BCUT2D eigenvalue weighted by molar-refractivity contribution is 1.11. The van der Waals surface area contributed by atoms with Crippen molar-refractivity contribution in [2.75, 3.05) is 5.32 Å². The summed E-state index contributed by atoms with van der Waals surface area (Å²) >= 11 is 7.47. The van der Waals surface area contributed by atoms with E-state index in [2.05, 4.69) is 15.3 Å². The molecule has 1 aliphatic rings. The van der Waals surface area contributed by atoms with Gasteiger partial charge in [0.2, 0.25) is 5.28 Å². The highest BCUT2D eigenvalue weighted by atomic mass is 35.5. The number of thiophene rings is 1. The van der Waals surface area contributed by atoms with Gasteiger partial charge in [-0.2, -0.15) is 4.98 Å². The van der Waals surface area contributed by atoms with Crippen molar-refractivity contribution in [3.05, 3.63) is 16.7 Å². The Bertz CT molecular complexity index is 478. The lowest BCUT2D eigenvalue weighted by Gasteiger charge is -2.04. The third-order valence-electron chi connectivity index (χ3n) is 2.19. The van der Waals surface area contributed by atoms with Gasteiger partial charge in [0.1, 0.15) is 5.82 Å². The molecule has 0 saturated heterocycles. The fourth-order valence-corrected chi connectivity index (χ4v) is 2.31. The molecule has 0 aliphatic heterocycles. The van der Waals surface area contributed by atoms with Crippen LogP contribution >= 0.6 is 22.9 Å². The molecule has 1 saturated carbocycles. The van der Waals surface area contributed by atoms with Crippen molar-refractivity contribution >= 4 is 39.0 Å². The van der Waals surface area contributed by atoms with E-state index in [0.717, 1.165) is 16.0 Å². The normalized spacial score (nSPS) is 16.1. The zero-order valence-corrected chi connectivity index (χ0v) is 8.90. The average Bonchev–Trinajstić information content (AvgIpc) is 2.81. The van der Waals surface area contributed by atoms with Crippen LogP contribution in [0.3, 0.4) is 0 Å². The Kier molecular flexibility index (Phi) is 1.85. The highest BCUT2D eigenvalue weighted by Gasteiger charge is 2.22. The van der Waals surface area contributed by atoms with Crippen LogP contribution in [-0.2, 0) is 0 Å². The minimum absolute atomic E-state index is 0.319. The van der Waals surface area contributed by atoms with Gasteiger partial charge in [0.25, 0.3) is 0 Å². The van der Waals surface area contributed by atoms with Crippen LogP contribution in [0, 0.1) is 0 Å². The molecule has 0 radical (unpaired) electrons. The number of nitrogens with one attached hydrogen (secondary N) is 1. The van der Waals surface area contributed by atoms with Crippen molar-refractivity contribution in [3.63, 3.8) is 0 Å². The minimum atomic E-state index is 0.319. The molecule has 0 aromatic carbocycles. The Labute approximate surface area is 90.1 Å². The smallest absolute Gasteiger partial charge is 0.224 e. The van der Waals surface area contributed by atoms with Crippen LogP contribution in [0.25, 0.3) is 10.2 Å². The first-order valence-electron chi connectivity index (χ1n) is 4.50. The van der Waals surface area contributed by atoms with E-state index in [1.54, 1.807) is 11.3 Å². The first kappa shape index (κ1) is 8.44. The Balaban J connectivity index is 2.13. The van der Waals surface area contributed by atoms with E-state index in [-0.39, 0.29) is 0 Å². The Morgan fingerprint density at radius 2 is 2.29 bits per heavy atom. The van der Waals surface area contributed by atoms with Crippen molar-refractivity contribution in [1.82, 2.24) is 9.97 Å². The standard InChI is InChI=1S/C9H8ClN3S/c10-9-12-6-3-4-14-7(6)8(13-9)11-5-1-2-5/h3-5H,1-2H2,(H,11,12,13). The molecule has 3 rings (SSSR count). The zero-order chi connectivity index (χ0) is 9.54. The quantitative estimate of drug-likeness (QED) is 0.799. The number of rotatable bonds is 2. The maximum atomic E-state index is 5.83. The van der Waals surface area contributed by atoms with Gasteiger partial charge in [-0.15, -0.1) is 11.3 Å². The van der Waals surface area contributed by atoms with Gasteiger partial charge in [0.15, 0.2) is 0 Å². The predicted octanol–water partition coefficient (Wildman–Crippen LogP) is 2.92. The SMILES string of the molecule is Clc1nc(NC2CC2)c2sccc2n1.